The van der Waals surface area contributed by atoms with E-state index < -0.39 is 0 Å². The van der Waals surface area contributed by atoms with Crippen LogP contribution in [-0.4, -0.2) is 12.1 Å². The van der Waals surface area contributed by atoms with E-state index in [1.54, 1.807) is 0 Å². The van der Waals surface area contributed by atoms with Crippen molar-refractivity contribution in [3.05, 3.63) is 65.7 Å². The Labute approximate surface area is 127 Å². The van der Waals surface area contributed by atoms with Crippen LogP contribution in [0.25, 0.3) is 0 Å². The second-order valence-electron chi connectivity index (χ2n) is 6.19. The molecule has 0 amide bonds. The van der Waals surface area contributed by atoms with Gasteiger partial charge >= 0.3 is 0 Å². The van der Waals surface area contributed by atoms with Crippen molar-refractivity contribution in [3.8, 4) is 5.75 Å². The maximum Gasteiger partial charge on any atom is 0.119 e. The minimum Gasteiger partial charge on any atom is -0.489 e. The van der Waals surface area contributed by atoms with Crippen molar-refractivity contribution in [1.82, 2.24) is 5.32 Å². The summed E-state index contributed by atoms with van der Waals surface area (Å²) in [6, 6.07) is 18.8. The first-order chi connectivity index (χ1) is 10.2. The first-order valence-corrected chi connectivity index (χ1v) is 7.74. The molecule has 1 aliphatic heterocycles. The number of hydrogen-bond donors (Lipinski definition) is 1. The summed E-state index contributed by atoms with van der Waals surface area (Å²) in [5.41, 5.74) is 2.84. The Morgan fingerprint density at radius 1 is 1.00 bits per heavy atom. The molecule has 1 fully saturated rings. The molecular formula is C19H23NO. The van der Waals surface area contributed by atoms with E-state index in [1.807, 2.05) is 18.2 Å². The Balaban J connectivity index is 1.56. The van der Waals surface area contributed by atoms with Crippen LogP contribution in [0.2, 0.25) is 0 Å². The number of rotatable bonds is 5. The third kappa shape index (κ3) is 3.85. The van der Waals surface area contributed by atoms with Crippen molar-refractivity contribution in [1.29, 1.82) is 0 Å². The molecule has 1 atom stereocenters. The smallest absolute Gasteiger partial charge is 0.119 e. The van der Waals surface area contributed by atoms with Crippen LogP contribution in [0, 0.1) is 0 Å². The van der Waals surface area contributed by atoms with E-state index in [9.17, 15) is 0 Å². The minimum atomic E-state index is 0.270. The fourth-order valence-electron chi connectivity index (χ4n) is 3.00. The summed E-state index contributed by atoms with van der Waals surface area (Å²) in [5, 5.41) is 3.61. The molecule has 0 radical (unpaired) electrons. The second kappa shape index (κ2) is 6.31. The SMILES string of the molecule is CC1(Cc2ccc(OCc3ccccc3)cc2)CCCN1. The number of hydrogen-bond acceptors (Lipinski definition) is 2. The summed E-state index contributed by atoms with van der Waals surface area (Å²) in [6.45, 7) is 4.09. The third-order valence-electron chi connectivity index (χ3n) is 4.22. The van der Waals surface area contributed by atoms with Crippen molar-refractivity contribution in [2.45, 2.75) is 38.3 Å². The van der Waals surface area contributed by atoms with Gasteiger partial charge in [0.1, 0.15) is 12.4 Å². The summed E-state index contributed by atoms with van der Waals surface area (Å²) < 4.78 is 5.83. The normalized spacial score (nSPS) is 21.4. The Morgan fingerprint density at radius 2 is 1.76 bits per heavy atom. The van der Waals surface area contributed by atoms with Crippen molar-refractivity contribution in [3.63, 3.8) is 0 Å². The topological polar surface area (TPSA) is 21.3 Å². The first-order valence-electron chi connectivity index (χ1n) is 7.74. The lowest BCUT2D eigenvalue weighted by atomic mass is 9.91. The van der Waals surface area contributed by atoms with Crippen LogP contribution in [0.15, 0.2) is 54.6 Å². The molecule has 0 aliphatic carbocycles. The highest BCUT2D eigenvalue weighted by Crippen LogP contribution is 2.24. The highest BCUT2D eigenvalue weighted by Gasteiger charge is 2.27. The molecule has 2 nitrogen and oxygen atoms in total. The number of nitrogens with one attached hydrogen (secondary N) is 1. The number of benzene rings is 2. The molecule has 1 saturated heterocycles. The molecule has 1 N–H and O–H groups in total. The van der Waals surface area contributed by atoms with Gasteiger partial charge in [0.2, 0.25) is 0 Å². The molecule has 2 aromatic carbocycles. The summed E-state index contributed by atoms with van der Waals surface area (Å²) in [7, 11) is 0. The summed E-state index contributed by atoms with van der Waals surface area (Å²) in [4.78, 5) is 0. The Bertz CT molecular complexity index is 556. The lowest BCUT2D eigenvalue weighted by Gasteiger charge is -2.24. The monoisotopic (exact) mass is 281 g/mol. The lowest BCUT2D eigenvalue weighted by Crippen LogP contribution is -2.38. The minimum absolute atomic E-state index is 0.270. The highest BCUT2D eigenvalue weighted by atomic mass is 16.5. The molecule has 0 saturated carbocycles. The zero-order valence-corrected chi connectivity index (χ0v) is 12.6. The van der Waals surface area contributed by atoms with Gasteiger partial charge in [0.05, 0.1) is 0 Å². The maximum atomic E-state index is 5.83. The van der Waals surface area contributed by atoms with Crippen molar-refractivity contribution < 1.29 is 4.74 Å². The Hall–Kier alpha value is -1.80. The van der Waals surface area contributed by atoms with E-state index in [4.69, 9.17) is 4.74 Å². The standard InChI is InChI=1S/C19H23NO/c1-19(12-5-13-20-19)14-16-8-10-18(11-9-16)21-15-17-6-3-2-4-7-17/h2-4,6-11,20H,5,12-15H2,1H3. The molecule has 21 heavy (non-hydrogen) atoms. The molecule has 110 valence electrons. The van der Waals surface area contributed by atoms with Gasteiger partial charge in [-0.2, -0.15) is 0 Å². The molecular weight excluding hydrogens is 258 g/mol. The average molecular weight is 281 g/mol. The molecule has 1 aliphatic rings. The van der Waals surface area contributed by atoms with Crippen LogP contribution in [0.3, 0.4) is 0 Å². The summed E-state index contributed by atoms with van der Waals surface area (Å²) in [5.74, 6) is 0.937. The van der Waals surface area contributed by atoms with Crippen molar-refractivity contribution in [2.24, 2.45) is 0 Å². The largest absolute Gasteiger partial charge is 0.489 e. The van der Waals surface area contributed by atoms with Gasteiger partial charge < -0.3 is 10.1 Å². The first kappa shape index (κ1) is 14.2. The molecule has 1 heterocycles. The van der Waals surface area contributed by atoms with E-state index in [0.717, 1.165) is 18.7 Å². The van der Waals surface area contributed by atoms with Gasteiger partial charge in [-0.15, -0.1) is 0 Å². The molecule has 0 spiro atoms. The van der Waals surface area contributed by atoms with Crippen LogP contribution in [0.4, 0.5) is 0 Å². The Morgan fingerprint density at radius 3 is 2.43 bits per heavy atom. The fourth-order valence-corrected chi connectivity index (χ4v) is 3.00. The predicted octanol–water partition coefficient (Wildman–Crippen LogP) is 3.95. The molecule has 0 aromatic heterocycles. The molecule has 2 heteroatoms. The molecule has 0 bridgehead atoms. The predicted molar refractivity (Wildman–Crippen MR) is 86.6 cm³/mol. The van der Waals surface area contributed by atoms with E-state index in [0.29, 0.717) is 6.61 Å². The molecule has 2 aromatic rings. The van der Waals surface area contributed by atoms with E-state index in [2.05, 4.69) is 48.6 Å². The van der Waals surface area contributed by atoms with Gasteiger partial charge in [-0.1, -0.05) is 42.5 Å². The summed E-state index contributed by atoms with van der Waals surface area (Å²) >= 11 is 0. The zero-order chi connectivity index (χ0) is 14.5. The van der Waals surface area contributed by atoms with E-state index in [-0.39, 0.29) is 5.54 Å². The molecule has 1 unspecified atom stereocenters. The van der Waals surface area contributed by atoms with Crippen molar-refractivity contribution in [2.75, 3.05) is 6.54 Å². The number of ether oxygens (including phenoxy) is 1. The third-order valence-corrected chi connectivity index (χ3v) is 4.22. The summed E-state index contributed by atoms with van der Waals surface area (Å²) in [6.07, 6.45) is 3.64. The fraction of sp³-hybridized carbons (Fsp3) is 0.368. The van der Waals surface area contributed by atoms with Crippen LogP contribution in [0.1, 0.15) is 30.9 Å². The zero-order valence-electron chi connectivity index (χ0n) is 12.6. The van der Waals surface area contributed by atoms with Gasteiger partial charge in [-0.05, 0) is 56.0 Å². The van der Waals surface area contributed by atoms with Gasteiger partial charge in [0, 0.05) is 5.54 Å². The second-order valence-corrected chi connectivity index (χ2v) is 6.19. The highest BCUT2D eigenvalue weighted by molar-refractivity contribution is 5.29. The van der Waals surface area contributed by atoms with E-state index >= 15 is 0 Å². The lowest BCUT2D eigenvalue weighted by molar-refractivity contribution is 0.306. The van der Waals surface area contributed by atoms with Crippen LogP contribution in [-0.2, 0) is 13.0 Å². The molecule has 3 rings (SSSR count). The van der Waals surface area contributed by atoms with Gasteiger partial charge in [0.25, 0.3) is 0 Å². The van der Waals surface area contributed by atoms with E-state index in [1.165, 1.54) is 24.0 Å². The van der Waals surface area contributed by atoms with Crippen LogP contribution >= 0.6 is 0 Å². The van der Waals surface area contributed by atoms with Gasteiger partial charge in [0.15, 0.2) is 0 Å². The average Bonchev–Trinajstić information content (AvgIpc) is 2.94. The van der Waals surface area contributed by atoms with Gasteiger partial charge in [-0.25, -0.2) is 0 Å². The quantitative estimate of drug-likeness (QED) is 0.896. The Kier molecular flexibility index (Phi) is 4.26. The van der Waals surface area contributed by atoms with Crippen molar-refractivity contribution >= 4 is 0 Å². The van der Waals surface area contributed by atoms with Crippen LogP contribution in [0.5, 0.6) is 5.75 Å². The maximum absolute atomic E-state index is 5.83. The van der Waals surface area contributed by atoms with Crippen LogP contribution < -0.4 is 10.1 Å². The van der Waals surface area contributed by atoms with Gasteiger partial charge in [-0.3, -0.25) is 0 Å².